The highest BCUT2D eigenvalue weighted by Gasteiger charge is 2.25. The maximum Gasteiger partial charge on any atom is 0.270 e. The lowest BCUT2D eigenvalue weighted by atomic mass is 9.87. The molecule has 0 bridgehead atoms. The third kappa shape index (κ3) is 2.83. The second-order valence-corrected chi connectivity index (χ2v) is 6.66. The van der Waals surface area contributed by atoms with Crippen molar-refractivity contribution in [3.05, 3.63) is 65.1 Å². The molecule has 0 aliphatic heterocycles. The molecule has 0 radical (unpaired) electrons. The number of pyridine rings is 1. The third-order valence-electron chi connectivity index (χ3n) is 4.98. The van der Waals surface area contributed by atoms with Gasteiger partial charge < -0.3 is 10.1 Å². The lowest BCUT2D eigenvalue weighted by Crippen LogP contribution is -2.32. The zero-order valence-electron chi connectivity index (χ0n) is 15.2. The molecule has 1 N–H and O–H groups in total. The number of amides is 1. The molecule has 0 unspecified atom stereocenters. The highest BCUT2D eigenvalue weighted by Crippen LogP contribution is 2.30. The number of aryl methyl sites for hydroxylation is 2. The number of nitrogens with one attached hydrogen (secondary N) is 1. The predicted molar refractivity (Wildman–Crippen MR) is 101 cm³/mol. The van der Waals surface area contributed by atoms with Gasteiger partial charge in [0.05, 0.1) is 18.3 Å². The lowest BCUT2D eigenvalue weighted by molar-refractivity contribution is 0.0926. The first-order valence-corrected chi connectivity index (χ1v) is 9.18. The van der Waals surface area contributed by atoms with E-state index in [4.69, 9.17) is 4.74 Å². The van der Waals surface area contributed by atoms with Crippen molar-refractivity contribution in [1.82, 2.24) is 14.7 Å². The van der Waals surface area contributed by atoms with Gasteiger partial charge >= 0.3 is 0 Å². The monoisotopic (exact) mass is 349 g/mol. The minimum Gasteiger partial charge on any atom is -0.490 e. The summed E-state index contributed by atoms with van der Waals surface area (Å²) >= 11 is 0. The van der Waals surface area contributed by atoms with E-state index in [9.17, 15) is 4.79 Å². The summed E-state index contributed by atoms with van der Waals surface area (Å²) in [6.45, 7) is 4.37. The Kier molecular flexibility index (Phi) is 4.37. The quantitative estimate of drug-likeness (QED) is 0.778. The van der Waals surface area contributed by atoms with Gasteiger partial charge in [0.2, 0.25) is 0 Å². The molecule has 0 saturated heterocycles. The largest absolute Gasteiger partial charge is 0.490 e. The standard InChI is InChI=1S/C21H23N3O2/c1-3-26-18-12-7-13-24-19(14(2)22-20(18)24)21(25)23-17-11-6-9-15-8-4-5-10-16(15)17/h4-5,7-8,10,12-13,17H,3,6,9,11H2,1-2H3,(H,23,25)/t17-/m0/s1. The molecular formula is C21H23N3O2. The molecule has 0 saturated carbocycles. The molecule has 1 aromatic carbocycles. The van der Waals surface area contributed by atoms with Gasteiger partial charge in [-0.1, -0.05) is 24.3 Å². The fourth-order valence-corrected chi connectivity index (χ4v) is 3.83. The Hall–Kier alpha value is -2.82. The van der Waals surface area contributed by atoms with Crippen LogP contribution in [0.5, 0.6) is 5.75 Å². The molecule has 2 heterocycles. The number of hydrogen-bond acceptors (Lipinski definition) is 3. The van der Waals surface area contributed by atoms with Crippen LogP contribution in [0.2, 0.25) is 0 Å². The van der Waals surface area contributed by atoms with Gasteiger partial charge in [0.25, 0.3) is 5.91 Å². The van der Waals surface area contributed by atoms with E-state index in [1.54, 1.807) is 0 Å². The summed E-state index contributed by atoms with van der Waals surface area (Å²) in [7, 11) is 0. The lowest BCUT2D eigenvalue weighted by Gasteiger charge is -2.26. The molecule has 0 fully saturated rings. The third-order valence-corrected chi connectivity index (χ3v) is 4.98. The Morgan fingerprint density at radius 3 is 3.00 bits per heavy atom. The summed E-state index contributed by atoms with van der Waals surface area (Å²) in [5, 5.41) is 3.22. The van der Waals surface area contributed by atoms with Crippen LogP contribution in [0, 0.1) is 6.92 Å². The minimum absolute atomic E-state index is 0.0486. The fraction of sp³-hybridized carbons (Fsp3) is 0.333. The van der Waals surface area contributed by atoms with Crippen molar-refractivity contribution in [2.45, 2.75) is 39.2 Å². The Balaban J connectivity index is 1.68. The molecule has 1 aliphatic rings. The summed E-state index contributed by atoms with van der Waals surface area (Å²) < 4.78 is 7.47. The van der Waals surface area contributed by atoms with E-state index in [-0.39, 0.29) is 11.9 Å². The van der Waals surface area contributed by atoms with E-state index in [2.05, 4.69) is 28.5 Å². The van der Waals surface area contributed by atoms with E-state index < -0.39 is 0 Å². The molecular weight excluding hydrogens is 326 g/mol. The number of benzene rings is 1. The van der Waals surface area contributed by atoms with Crippen LogP contribution in [0.15, 0.2) is 42.6 Å². The van der Waals surface area contributed by atoms with Crippen molar-refractivity contribution >= 4 is 11.6 Å². The normalized spacial score (nSPS) is 16.3. The van der Waals surface area contributed by atoms with Gasteiger partial charge in [0, 0.05) is 6.20 Å². The second-order valence-electron chi connectivity index (χ2n) is 6.66. The number of carbonyl (C=O) groups is 1. The maximum absolute atomic E-state index is 13.1. The van der Waals surface area contributed by atoms with Crippen molar-refractivity contribution in [1.29, 1.82) is 0 Å². The summed E-state index contributed by atoms with van der Waals surface area (Å²) in [5.74, 6) is 0.602. The number of hydrogen-bond donors (Lipinski definition) is 1. The average Bonchev–Trinajstić information content (AvgIpc) is 2.99. The first-order chi connectivity index (χ1) is 12.7. The molecule has 5 heteroatoms. The number of nitrogens with zero attached hydrogens (tertiary/aromatic N) is 2. The van der Waals surface area contributed by atoms with E-state index >= 15 is 0 Å². The molecule has 134 valence electrons. The van der Waals surface area contributed by atoms with Crippen molar-refractivity contribution in [2.75, 3.05) is 6.61 Å². The van der Waals surface area contributed by atoms with Gasteiger partial charge in [-0.25, -0.2) is 4.98 Å². The maximum atomic E-state index is 13.1. The first kappa shape index (κ1) is 16.6. The first-order valence-electron chi connectivity index (χ1n) is 9.18. The number of aromatic nitrogens is 2. The van der Waals surface area contributed by atoms with Crippen LogP contribution in [-0.2, 0) is 6.42 Å². The van der Waals surface area contributed by atoms with E-state index in [0.29, 0.717) is 29.4 Å². The highest BCUT2D eigenvalue weighted by atomic mass is 16.5. The van der Waals surface area contributed by atoms with Crippen LogP contribution in [0.3, 0.4) is 0 Å². The van der Waals surface area contributed by atoms with Crippen LogP contribution >= 0.6 is 0 Å². The van der Waals surface area contributed by atoms with Crippen LogP contribution in [-0.4, -0.2) is 21.9 Å². The molecule has 1 atom stereocenters. The number of ether oxygens (including phenoxy) is 1. The van der Waals surface area contributed by atoms with E-state index in [1.165, 1.54) is 11.1 Å². The van der Waals surface area contributed by atoms with Crippen LogP contribution in [0.25, 0.3) is 5.65 Å². The number of fused-ring (bicyclic) bond motifs is 2. The fourth-order valence-electron chi connectivity index (χ4n) is 3.83. The summed E-state index contributed by atoms with van der Waals surface area (Å²) in [6.07, 6.45) is 4.99. The molecule has 5 nitrogen and oxygen atoms in total. The molecule has 26 heavy (non-hydrogen) atoms. The molecule has 1 aliphatic carbocycles. The minimum atomic E-state index is -0.0923. The second kappa shape index (κ2) is 6.83. The molecule has 3 aromatic rings. The van der Waals surface area contributed by atoms with Gasteiger partial charge in [0.15, 0.2) is 11.4 Å². The van der Waals surface area contributed by atoms with E-state index in [1.807, 2.05) is 42.6 Å². The molecule has 2 aromatic heterocycles. The number of imidazole rings is 1. The van der Waals surface area contributed by atoms with Gasteiger partial charge in [-0.2, -0.15) is 0 Å². The van der Waals surface area contributed by atoms with Gasteiger partial charge in [-0.05, 0) is 56.4 Å². The smallest absolute Gasteiger partial charge is 0.270 e. The summed E-state index contributed by atoms with van der Waals surface area (Å²) in [5.41, 5.74) is 4.52. The van der Waals surface area contributed by atoms with Crippen molar-refractivity contribution in [3.63, 3.8) is 0 Å². The van der Waals surface area contributed by atoms with Gasteiger partial charge in [-0.3, -0.25) is 9.20 Å². The molecule has 0 spiro atoms. The zero-order valence-corrected chi connectivity index (χ0v) is 15.2. The van der Waals surface area contributed by atoms with Crippen molar-refractivity contribution < 1.29 is 9.53 Å². The Bertz CT molecular complexity index is 961. The van der Waals surface area contributed by atoms with Gasteiger partial charge in [0.1, 0.15) is 5.69 Å². The Labute approximate surface area is 153 Å². The Morgan fingerprint density at radius 2 is 2.15 bits per heavy atom. The predicted octanol–water partition coefficient (Wildman–Crippen LogP) is 3.85. The highest BCUT2D eigenvalue weighted by molar-refractivity contribution is 5.95. The topological polar surface area (TPSA) is 55.6 Å². The summed E-state index contributed by atoms with van der Waals surface area (Å²) in [4.78, 5) is 17.6. The van der Waals surface area contributed by atoms with Crippen LogP contribution < -0.4 is 10.1 Å². The van der Waals surface area contributed by atoms with Crippen LogP contribution in [0.4, 0.5) is 0 Å². The Morgan fingerprint density at radius 1 is 1.31 bits per heavy atom. The summed E-state index contributed by atoms with van der Waals surface area (Å²) in [6, 6.07) is 12.2. The zero-order chi connectivity index (χ0) is 18.1. The van der Waals surface area contributed by atoms with Crippen LogP contribution in [0.1, 0.15) is 53.1 Å². The van der Waals surface area contributed by atoms with E-state index in [0.717, 1.165) is 19.3 Å². The van der Waals surface area contributed by atoms with Crippen molar-refractivity contribution in [2.24, 2.45) is 0 Å². The number of carbonyl (C=O) groups excluding carboxylic acids is 1. The molecule has 4 rings (SSSR count). The number of rotatable bonds is 4. The average molecular weight is 349 g/mol. The van der Waals surface area contributed by atoms with Gasteiger partial charge in [-0.15, -0.1) is 0 Å². The van der Waals surface area contributed by atoms with Crippen molar-refractivity contribution in [3.8, 4) is 5.75 Å². The SMILES string of the molecule is CCOc1cccn2c(C(=O)N[C@H]3CCCc4ccccc43)c(C)nc12. The molecule has 1 amide bonds.